The van der Waals surface area contributed by atoms with Crippen LogP contribution in [-0.2, 0) is 4.79 Å². The highest BCUT2D eigenvalue weighted by atomic mass is 35.5. The average molecular weight is 465 g/mol. The summed E-state index contributed by atoms with van der Waals surface area (Å²) in [5.74, 6) is 0.902. The highest BCUT2D eigenvalue weighted by Gasteiger charge is 2.31. The van der Waals surface area contributed by atoms with Crippen molar-refractivity contribution < 1.29 is 14.3 Å². The van der Waals surface area contributed by atoms with Crippen molar-refractivity contribution >= 4 is 29.1 Å². The fourth-order valence-electron chi connectivity index (χ4n) is 4.83. The number of ether oxygens (including phenoxy) is 1. The van der Waals surface area contributed by atoms with Gasteiger partial charge in [0, 0.05) is 31.6 Å². The van der Waals surface area contributed by atoms with E-state index in [1.54, 1.807) is 12.1 Å². The molecule has 0 bridgehead atoms. The van der Waals surface area contributed by atoms with Gasteiger partial charge in [-0.15, -0.1) is 0 Å². The minimum atomic E-state index is -0.224. The maximum absolute atomic E-state index is 12.8. The van der Waals surface area contributed by atoms with Crippen LogP contribution in [0, 0.1) is 11.8 Å². The Kier molecular flexibility index (Phi) is 9.05. The summed E-state index contributed by atoms with van der Waals surface area (Å²) < 4.78 is 5.29. The van der Waals surface area contributed by atoms with Crippen molar-refractivity contribution in [3.8, 4) is 5.75 Å². The Balaban J connectivity index is 1.53. The lowest BCUT2D eigenvalue weighted by Gasteiger charge is -2.31. The van der Waals surface area contributed by atoms with Crippen LogP contribution in [0.2, 0.25) is 5.02 Å². The molecule has 1 saturated carbocycles. The van der Waals surface area contributed by atoms with Crippen LogP contribution in [0.15, 0.2) is 12.1 Å². The minimum absolute atomic E-state index is 0.0751. The number of likely N-dealkylation sites (tertiary alicyclic amines) is 1. The first-order chi connectivity index (χ1) is 15.4. The molecule has 1 aromatic rings. The highest BCUT2D eigenvalue weighted by molar-refractivity contribution is 6.33. The zero-order valence-electron chi connectivity index (χ0n) is 19.3. The summed E-state index contributed by atoms with van der Waals surface area (Å²) in [7, 11) is 1.50. The molecule has 1 aromatic carbocycles. The van der Waals surface area contributed by atoms with Gasteiger partial charge in [-0.1, -0.05) is 44.2 Å². The van der Waals surface area contributed by atoms with Gasteiger partial charge in [0.1, 0.15) is 5.75 Å². The summed E-state index contributed by atoms with van der Waals surface area (Å²) in [4.78, 5) is 27.9. The van der Waals surface area contributed by atoms with E-state index in [0.29, 0.717) is 34.5 Å². The predicted octanol–water partition coefficient (Wildman–Crippen LogP) is 3.81. The van der Waals surface area contributed by atoms with Crippen molar-refractivity contribution in [3.05, 3.63) is 22.7 Å². The van der Waals surface area contributed by atoms with Crippen molar-refractivity contribution in [2.75, 3.05) is 32.5 Å². The van der Waals surface area contributed by atoms with Gasteiger partial charge in [0.2, 0.25) is 5.91 Å². The Morgan fingerprint density at radius 2 is 2.00 bits per heavy atom. The number of halogens is 1. The van der Waals surface area contributed by atoms with Gasteiger partial charge in [0.15, 0.2) is 0 Å². The predicted molar refractivity (Wildman–Crippen MR) is 128 cm³/mol. The fourth-order valence-corrected chi connectivity index (χ4v) is 4.99. The number of nitrogens with zero attached hydrogens (tertiary/aromatic N) is 1. The van der Waals surface area contributed by atoms with Crippen LogP contribution in [-0.4, -0.2) is 49.6 Å². The van der Waals surface area contributed by atoms with Crippen LogP contribution in [0.3, 0.4) is 0 Å². The van der Waals surface area contributed by atoms with Crippen LogP contribution < -0.4 is 21.1 Å². The lowest BCUT2D eigenvalue weighted by Crippen LogP contribution is -2.49. The summed E-state index contributed by atoms with van der Waals surface area (Å²) in [6.45, 7) is 4.50. The topological polar surface area (TPSA) is 96.7 Å². The average Bonchev–Trinajstić information content (AvgIpc) is 3.28. The van der Waals surface area contributed by atoms with Gasteiger partial charge in [-0.05, 0) is 37.7 Å². The van der Waals surface area contributed by atoms with Crippen molar-refractivity contribution in [1.29, 1.82) is 0 Å². The molecule has 7 nitrogen and oxygen atoms in total. The van der Waals surface area contributed by atoms with Gasteiger partial charge in [-0.2, -0.15) is 0 Å². The molecule has 0 spiro atoms. The van der Waals surface area contributed by atoms with E-state index in [2.05, 4.69) is 22.5 Å². The number of nitrogens with two attached hydrogens (primary N) is 1. The van der Waals surface area contributed by atoms with E-state index in [4.69, 9.17) is 22.1 Å². The Morgan fingerprint density at radius 1 is 1.25 bits per heavy atom. The van der Waals surface area contributed by atoms with Gasteiger partial charge < -0.3 is 21.1 Å². The molecule has 3 rings (SSSR count). The SMILES string of the molecule is CCCC(NC(=O)C1CCCCC1)N1CCC(CNC(=O)c2cc(Cl)c(N)cc2OC)C1. The van der Waals surface area contributed by atoms with Crippen molar-refractivity contribution in [2.45, 2.75) is 64.5 Å². The first kappa shape index (κ1) is 24.6. The van der Waals surface area contributed by atoms with Crippen molar-refractivity contribution in [3.63, 3.8) is 0 Å². The number of amides is 2. The molecule has 1 aliphatic heterocycles. The Morgan fingerprint density at radius 3 is 2.69 bits per heavy atom. The van der Waals surface area contributed by atoms with Crippen molar-refractivity contribution in [1.82, 2.24) is 15.5 Å². The summed E-state index contributed by atoms with van der Waals surface area (Å²) >= 11 is 6.09. The van der Waals surface area contributed by atoms with Crippen LogP contribution in [0.25, 0.3) is 0 Å². The van der Waals surface area contributed by atoms with E-state index in [1.165, 1.54) is 13.5 Å². The molecule has 2 unspecified atom stereocenters. The lowest BCUT2D eigenvalue weighted by atomic mass is 9.88. The molecule has 2 fully saturated rings. The number of nitrogens with one attached hydrogen (secondary N) is 2. The quantitative estimate of drug-likeness (QED) is 0.483. The number of carbonyl (C=O) groups excluding carboxylic acids is 2. The monoisotopic (exact) mass is 464 g/mol. The van der Waals surface area contributed by atoms with Crippen LogP contribution >= 0.6 is 11.6 Å². The second kappa shape index (κ2) is 11.8. The number of anilines is 1. The molecule has 1 heterocycles. The maximum atomic E-state index is 12.8. The number of hydrogen-bond acceptors (Lipinski definition) is 5. The van der Waals surface area contributed by atoms with E-state index in [9.17, 15) is 9.59 Å². The van der Waals surface area contributed by atoms with Gasteiger partial charge in [0.05, 0.1) is 29.5 Å². The Labute approximate surface area is 196 Å². The molecule has 1 aliphatic carbocycles. The molecular weight excluding hydrogens is 428 g/mol. The number of carbonyl (C=O) groups is 2. The largest absolute Gasteiger partial charge is 0.496 e. The van der Waals surface area contributed by atoms with Crippen LogP contribution in [0.4, 0.5) is 5.69 Å². The molecule has 8 heteroatoms. The van der Waals surface area contributed by atoms with E-state index in [1.807, 2.05) is 0 Å². The molecule has 0 radical (unpaired) electrons. The third-order valence-corrected chi connectivity index (χ3v) is 7.05. The fraction of sp³-hybridized carbons (Fsp3) is 0.667. The van der Waals surface area contributed by atoms with Gasteiger partial charge in [-0.25, -0.2) is 0 Å². The van der Waals surface area contributed by atoms with Crippen molar-refractivity contribution in [2.24, 2.45) is 11.8 Å². The first-order valence-electron chi connectivity index (χ1n) is 11.9. The molecule has 1 saturated heterocycles. The number of nitrogen functional groups attached to an aromatic ring is 1. The third kappa shape index (κ3) is 6.29. The summed E-state index contributed by atoms with van der Waals surface area (Å²) in [6.07, 6.45) is 8.61. The second-order valence-electron chi connectivity index (χ2n) is 9.08. The Hall–Kier alpha value is -1.99. The maximum Gasteiger partial charge on any atom is 0.255 e. The van der Waals surface area contributed by atoms with E-state index in [0.717, 1.165) is 58.0 Å². The third-order valence-electron chi connectivity index (χ3n) is 6.72. The zero-order valence-corrected chi connectivity index (χ0v) is 20.0. The van der Waals surface area contributed by atoms with E-state index >= 15 is 0 Å². The number of methoxy groups -OCH3 is 1. The molecule has 32 heavy (non-hydrogen) atoms. The normalized spacial score (nSPS) is 20.7. The molecular formula is C24H37ClN4O3. The standard InChI is InChI=1S/C24H37ClN4O3/c1-3-7-22(28-23(30)17-8-5-4-6-9-17)29-11-10-16(15-29)14-27-24(31)18-12-19(25)20(26)13-21(18)32-2/h12-13,16-17,22H,3-11,14-15,26H2,1-2H3,(H,27,31)(H,28,30). The molecule has 0 aromatic heterocycles. The minimum Gasteiger partial charge on any atom is -0.496 e. The molecule has 2 amide bonds. The second-order valence-corrected chi connectivity index (χ2v) is 9.49. The highest BCUT2D eigenvalue weighted by Crippen LogP contribution is 2.29. The van der Waals surface area contributed by atoms with E-state index in [-0.39, 0.29) is 23.9 Å². The molecule has 4 N–H and O–H groups in total. The van der Waals surface area contributed by atoms with Gasteiger partial charge in [0.25, 0.3) is 5.91 Å². The van der Waals surface area contributed by atoms with Gasteiger partial charge in [-0.3, -0.25) is 14.5 Å². The molecule has 2 atom stereocenters. The lowest BCUT2D eigenvalue weighted by molar-refractivity contribution is -0.128. The Bertz CT molecular complexity index is 798. The number of benzene rings is 1. The van der Waals surface area contributed by atoms with Gasteiger partial charge >= 0.3 is 0 Å². The zero-order chi connectivity index (χ0) is 23.1. The first-order valence-corrected chi connectivity index (χ1v) is 12.3. The smallest absolute Gasteiger partial charge is 0.255 e. The summed E-state index contributed by atoms with van der Waals surface area (Å²) in [5, 5.41) is 6.67. The molecule has 178 valence electrons. The number of rotatable bonds is 9. The van der Waals surface area contributed by atoms with Crippen LogP contribution in [0.5, 0.6) is 5.75 Å². The summed E-state index contributed by atoms with van der Waals surface area (Å²) in [5.41, 5.74) is 6.57. The van der Waals surface area contributed by atoms with Crippen LogP contribution in [0.1, 0.15) is 68.6 Å². The summed E-state index contributed by atoms with van der Waals surface area (Å²) in [6, 6.07) is 3.11. The number of hydrogen-bond donors (Lipinski definition) is 3. The molecule has 2 aliphatic rings. The van der Waals surface area contributed by atoms with E-state index < -0.39 is 0 Å².